The van der Waals surface area contributed by atoms with E-state index in [0.29, 0.717) is 16.4 Å². The first-order chi connectivity index (χ1) is 13.0. The van der Waals surface area contributed by atoms with Crippen LogP contribution in [0.5, 0.6) is 0 Å². The van der Waals surface area contributed by atoms with Crippen LogP contribution in [0.2, 0.25) is 0 Å². The number of benzene rings is 3. The van der Waals surface area contributed by atoms with Crippen molar-refractivity contribution in [2.75, 3.05) is 10.6 Å². The standard InChI is InChI=1S/C20H14BrN3O2S/c1-11(25)22-12-8-9-17-18(10-12)27-20(23-17)24-19(26)15-6-2-5-14-13(15)4-3-7-16(14)21/h2-10H,1H3,(H,22,25)(H,23,24,26). The second kappa shape index (κ2) is 7.09. The number of hydrogen-bond donors (Lipinski definition) is 2. The summed E-state index contributed by atoms with van der Waals surface area (Å²) in [5.74, 6) is -0.339. The first-order valence-electron chi connectivity index (χ1n) is 8.18. The number of fused-ring (bicyclic) bond motifs is 2. The van der Waals surface area contributed by atoms with Crippen LogP contribution in [0.3, 0.4) is 0 Å². The molecule has 3 aromatic carbocycles. The number of aromatic nitrogens is 1. The van der Waals surface area contributed by atoms with Gasteiger partial charge in [-0.1, -0.05) is 51.5 Å². The smallest absolute Gasteiger partial charge is 0.258 e. The van der Waals surface area contributed by atoms with E-state index >= 15 is 0 Å². The van der Waals surface area contributed by atoms with Crippen molar-refractivity contribution in [2.24, 2.45) is 0 Å². The minimum atomic E-state index is -0.208. The summed E-state index contributed by atoms with van der Waals surface area (Å²) in [6.45, 7) is 1.46. The highest BCUT2D eigenvalue weighted by Gasteiger charge is 2.14. The van der Waals surface area contributed by atoms with E-state index in [1.807, 2.05) is 42.5 Å². The lowest BCUT2D eigenvalue weighted by Gasteiger charge is -2.07. The van der Waals surface area contributed by atoms with Gasteiger partial charge in [-0.3, -0.25) is 14.9 Å². The Morgan fingerprint density at radius 3 is 2.59 bits per heavy atom. The van der Waals surface area contributed by atoms with Gasteiger partial charge >= 0.3 is 0 Å². The Labute approximate surface area is 167 Å². The van der Waals surface area contributed by atoms with Crippen molar-refractivity contribution in [1.29, 1.82) is 0 Å². The largest absolute Gasteiger partial charge is 0.326 e. The molecule has 0 fully saturated rings. The number of carbonyl (C=O) groups excluding carboxylic acids is 2. The average molecular weight is 440 g/mol. The third kappa shape index (κ3) is 3.56. The predicted molar refractivity (Wildman–Crippen MR) is 114 cm³/mol. The normalized spacial score (nSPS) is 10.9. The number of nitrogens with one attached hydrogen (secondary N) is 2. The third-order valence-corrected chi connectivity index (χ3v) is 5.67. The van der Waals surface area contributed by atoms with E-state index in [2.05, 4.69) is 31.5 Å². The lowest BCUT2D eigenvalue weighted by atomic mass is 10.0. The predicted octanol–water partition coefficient (Wildman–Crippen LogP) is 5.42. The number of thiazole rings is 1. The Bertz CT molecular complexity index is 1200. The zero-order valence-electron chi connectivity index (χ0n) is 14.2. The summed E-state index contributed by atoms with van der Waals surface area (Å²) in [7, 11) is 0. The Morgan fingerprint density at radius 1 is 1.00 bits per heavy atom. The van der Waals surface area contributed by atoms with Crippen LogP contribution >= 0.6 is 27.3 Å². The molecule has 4 aromatic rings. The maximum atomic E-state index is 12.8. The molecule has 1 aromatic heterocycles. The molecule has 0 saturated carbocycles. The van der Waals surface area contributed by atoms with E-state index in [0.717, 1.165) is 25.5 Å². The molecule has 5 nitrogen and oxygen atoms in total. The summed E-state index contributed by atoms with van der Waals surface area (Å²) < 4.78 is 1.83. The van der Waals surface area contributed by atoms with Crippen LogP contribution in [-0.2, 0) is 4.79 Å². The lowest BCUT2D eigenvalue weighted by molar-refractivity contribution is -0.114. The molecule has 4 rings (SSSR count). The summed E-state index contributed by atoms with van der Waals surface area (Å²) in [5, 5.41) is 8.00. The van der Waals surface area contributed by atoms with Crippen molar-refractivity contribution >= 4 is 70.9 Å². The Balaban J connectivity index is 1.65. The van der Waals surface area contributed by atoms with E-state index < -0.39 is 0 Å². The Hall–Kier alpha value is -2.77. The van der Waals surface area contributed by atoms with Crippen LogP contribution in [0.4, 0.5) is 10.8 Å². The van der Waals surface area contributed by atoms with Gasteiger partial charge in [0, 0.05) is 22.6 Å². The van der Waals surface area contributed by atoms with Crippen LogP contribution in [0, 0.1) is 0 Å². The Kier molecular flexibility index (Phi) is 4.63. The van der Waals surface area contributed by atoms with E-state index in [-0.39, 0.29) is 11.8 Å². The maximum Gasteiger partial charge on any atom is 0.258 e. The molecular weight excluding hydrogens is 426 g/mol. The maximum absolute atomic E-state index is 12.8. The van der Waals surface area contributed by atoms with Crippen molar-refractivity contribution in [3.05, 3.63) is 64.6 Å². The second-order valence-electron chi connectivity index (χ2n) is 5.98. The van der Waals surface area contributed by atoms with Gasteiger partial charge in [-0.05, 0) is 41.1 Å². The molecule has 7 heteroatoms. The van der Waals surface area contributed by atoms with E-state index in [9.17, 15) is 9.59 Å². The van der Waals surface area contributed by atoms with Crippen molar-refractivity contribution in [3.63, 3.8) is 0 Å². The fourth-order valence-corrected chi connectivity index (χ4v) is 4.29. The molecule has 0 atom stereocenters. The zero-order valence-corrected chi connectivity index (χ0v) is 16.6. The molecule has 0 saturated heterocycles. The number of nitrogens with zero attached hydrogens (tertiary/aromatic N) is 1. The molecule has 1 heterocycles. The summed E-state index contributed by atoms with van der Waals surface area (Å²) >= 11 is 4.89. The van der Waals surface area contributed by atoms with Crippen LogP contribution in [0.1, 0.15) is 17.3 Å². The minimum absolute atomic E-state index is 0.130. The highest BCUT2D eigenvalue weighted by molar-refractivity contribution is 9.10. The van der Waals surface area contributed by atoms with Gasteiger partial charge in [0.2, 0.25) is 5.91 Å². The molecule has 0 aliphatic rings. The van der Waals surface area contributed by atoms with Gasteiger partial charge in [0.05, 0.1) is 10.2 Å². The molecule has 0 bridgehead atoms. The summed E-state index contributed by atoms with van der Waals surface area (Å²) in [4.78, 5) is 28.5. The molecule has 2 N–H and O–H groups in total. The van der Waals surface area contributed by atoms with Gasteiger partial charge < -0.3 is 5.32 Å². The van der Waals surface area contributed by atoms with Gasteiger partial charge in [-0.15, -0.1) is 0 Å². The fourth-order valence-electron chi connectivity index (χ4n) is 2.89. The van der Waals surface area contributed by atoms with Gasteiger partial charge in [-0.2, -0.15) is 0 Å². The monoisotopic (exact) mass is 439 g/mol. The van der Waals surface area contributed by atoms with E-state index in [1.165, 1.54) is 18.3 Å². The van der Waals surface area contributed by atoms with Gasteiger partial charge in [0.25, 0.3) is 5.91 Å². The molecule has 0 aliphatic carbocycles. The van der Waals surface area contributed by atoms with Gasteiger partial charge in [0.1, 0.15) is 0 Å². The van der Waals surface area contributed by atoms with Crippen molar-refractivity contribution in [1.82, 2.24) is 4.98 Å². The van der Waals surface area contributed by atoms with Crippen LogP contribution in [0.25, 0.3) is 21.0 Å². The van der Waals surface area contributed by atoms with Crippen LogP contribution in [-0.4, -0.2) is 16.8 Å². The summed E-state index contributed by atoms with van der Waals surface area (Å²) in [6, 6.07) is 16.9. The van der Waals surface area contributed by atoms with Crippen LogP contribution in [0.15, 0.2) is 59.1 Å². The SMILES string of the molecule is CC(=O)Nc1ccc2nc(NC(=O)c3cccc4c(Br)cccc34)sc2c1. The van der Waals surface area contributed by atoms with Gasteiger partial charge in [-0.25, -0.2) is 4.98 Å². The molecule has 0 radical (unpaired) electrons. The molecule has 27 heavy (non-hydrogen) atoms. The minimum Gasteiger partial charge on any atom is -0.326 e. The Morgan fingerprint density at radius 2 is 1.78 bits per heavy atom. The van der Waals surface area contributed by atoms with E-state index in [1.54, 1.807) is 12.1 Å². The quantitative estimate of drug-likeness (QED) is 0.447. The zero-order chi connectivity index (χ0) is 19.0. The number of hydrogen-bond acceptors (Lipinski definition) is 4. The van der Waals surface area contributed by atoms with Crippen LogP contribution < -0.4 is 10.6 Å². The second-order valence-corrected chi connectivity index (χ2v) is 7.86. The highest BCUT2D eigenvalue weighted by Crippen LogP contribution is 2.30. The van der Waals surface area contributed by atoms with Crippen molar-refractivity contribution < 1.29 is 9.59 Å². The molecule has 0 unspecified atom stereocenters. The molecule has 0 aliphatic heterocycles. The average Bonchev–Trinajstić information content (AvgIpc) is 3.02. The summed E-state index contributed by atoms with van der Waals surface area (Å²) in [6.07, 6.45) is 0. The molecule has 0 spiro atoms. The fraction of sp³-hybridized carbons (Fsp3) is 0.0500. The molecular formula is C20H14BrN3O2S. The number of anilines is 2. The van der Waals surface area contributed by atoms with Crippen molar-refractivity contribution in [2.45, 2.75) is 6.92 Å². The number of halogens is 1. The summed E-state index contributed by atoms with van der Waals surface area (Å²) in [5.41, 5.74) is 2.06. The molecule has 2 amide bonds. The number of amides is 2. The highest BCUT2D eigenvalue weighted by atomic mass is 79.9. The molecule has 134 valence electrons. The lowest BCUT2D eigenvalue weighted by Crippen LogP contribution is -2.12. The van der Waals surface area contributed by atoms with Crippen molar-refractivity contribution in [3.8, 4) is 0 Å². The number of rotatable bonds is 3. The van der Waals surface area contributed by atoms with Gasteiger partial charge in [0.15, 0.2) is 5.13 Å². The number of carbonyl (C=O) groups is 2. The topological polar surface area (TPSA) is 71.1 Å². The third-order valence-electron chi connectivity index (χ3n) is 4.04. The first-order valence-corrected chi connectivity index (χ1v) is 9.79. The van der Waals surface area contributed by atoms with E-state index in [4.69, 9.17) is 0 Å². The first kappa shape index (κ1) is 17.6.